The Kier molecular flexibility index (Phi) is 9.95. The van der Waals surface area contributed by atoms with Crippen LogP contribution in [0.4, 0.5) is 4.79 Å². The number of aliphatic carboxylic acids is 1. The molecular weight excluding hydrogens is 236 g/mol. The minimum absolute atomic E-state index is 0.0604. The lowest BCUT2D eigenvalue weighted by Crippen LogP contribution is -2.31. The van der Waals surface area contributed by atoms with Gasteiger partial charge in [-0.2, -0.15) is 0 Å². The first kappa shape index (κ1) is 16.9. The molecule has 0 heterocycles. The van der Waals surface area contributed by atoms with E-state index in [4.69, 9.17) is 21.2 Å². The molecular formula is C6H12N6O5. The minimum atomic E-state index is -1.08. The third kappa shape index (κ3) is 16.2. The van der Waals surface area contributed by atoms with Crippen molar-refractivity contribution in [2.75, 3.05) is 0 Å². The molecule has 2 amide bonds. The molecule has 0 aliphatic carbocycles. The van der Waals surface area contributed by atoms with E-state index in [1.54, 1.807) is 0 Å². The quantitative estimate of drug-likeness (QED) is 0.206. The number of carboxylic acids is 1. The Bertz CT molecular complexity index is 321. The van der Waals surface area contributed by atoms with Crippen LogP contribution in [0.3, 0.4) is 0 Å². The molecule has 0 saturated heterocycles. The normalized spacial score (nSPS) is 9.94. The zero-order valence-electron chi connectivity index (χ0n) is 8.65. The van der Waals surface area contributed by atoms with Crippen molar-refractivity contribution in [2.24, 2.45) is 22.5 Å². The Balaban J connectivity index is 0. The molecule has 17 heavy (non-hydrogen) atoms. The number of primary amides is 2. The fourth-order valence-electron chi connectivity index (χ4n) is 0.523. The van der Waals surface area contributed by atoms with Crippen molar-refractivity contribution in [1.82, 2.24) is 0 Å². The van der Waals surface area contributed by atoms with Crippen LogP contribution in [0, 0.1) is 0 Å². The zero-order valence-corrected chi connectivity index (χ0v) is 8.65. The Labute approximate surface area is 95.1 Å². The highest BCUT2D eigenvalue weighted by Crippen LogP contribution is 1.97. The first-order chi connectivity index (χ1) is 7.81. The van der Waals surface area contributed by atoms with E-state index in [1.165, 1.54) is 0 Å². The van der Waals surface area contributed by atoms with E-state index in [0.717, 1.165) is 0 Å². The third-order valence-corrected chi connectivity index (χ3v) is 1.14. The van der Waals surface area contributed by atoms with E-state index in [1.807, 2.05) is 0 Å². The van der Waals surface area contributed by atoms with Gasteiger partial charge in [0.2, 0.25) is 0 Å². The molecule has 0 aliphatic heterocycles. The molecule has 1 atom stereocenters. The van der Waals surface area contributed by atoms with Gasteiger partial charge in [-0.3, -0.25) is 4.79 Å². The van der Waals surface area contributed by atoms with Crippen LogP contribution in [0.1, 0.15) is 12.8 Å². The van der Waals surface area contributed by atoms with Crippen LogP contribution < -0.4 is 17.2 Å². The minimum Gasteiger partial charge on any atom is -0.481 e. The van der Waals surface area contributed by atoms with E-state index < -0.39 is 24.0 Å². The van der Waals surface area contributed by atoms with E-state index in [9.17, 15) is 9.59 Å². The van der Waals surface area contributed by atoms with Crippen molar-refractivity contribution in [3.8, 4) is 0 Å². The molecule has 7 N–H and O–H groups in total. The molecule has 0 aliphatic rings. The van der Waals surface area contributed by atoms with Gasteiger partial charge in [-0.05, 0) is 12.0 Å². The van der Waals surface area contributed by atoms with Gasteiger partial charge in [0.15, 0.2) is 0 Å². The first-order valence-corrected chi connectivity index (χ1v) is 4.08. The number of carboxylic acid groups (broad SMARTS) is 1. The number of urea groups is 1. The predicted octanol–water partition coefficient (Wildman–Crippen LogP) is -1.03. The highest BCUT2D eigenvalue weighted by molar-refractivity contribution is 5.76. The van der Waals surface area contributed by atoms with Crippen molar-refractivity contribution in [3.05, 3.63) is 10.4 Å². The molecule has 96 valence electrons. The van der Waals surface area contributed by atoms with Gasteiger partial charge >= 0.3 is 18.0 Å². The van der Waals surface area contributed by atoms with Crippen LogP contribution in [0.25, 0.3) is 10.4 Å². The second-order valence-electron chi connectivity index (χ2n) is 2.52. The Morgan fingerprint density at radius 2 is 1.88 bits per heavy atom. The molecule has 0 saturated carbocycles. The van der Waals surface area contributed by atoms with Gasteiger partial charge in [0.1, 0.15) is 11.3 Å². The summed E-state index contributed by atoms with van der Waals surface area (Å²) in [4.78, 5) is 35.9. The average Bonchev–Trinajstić information content (AvgIpc) is 2.21. The average molecular weight is 248 g/mol. The van der Waals surface area contributed by atoms with E-state index in [2.05, 4.69) is 26.5 Å². The number of carbonyl (C=O) groups excluding carboxylic acids is 2. The lowest BCUT2D eigenvalue weighted by Gasteiger charge is -2.04. The van der Waals surface area contributed by atoms with E-state index in [0.29, 0.717) is 0 Å². The highest BCUT2D eigenvalue weighted by Gasteiger charge is 2.15. The SMILES string of the molecule is NC(N)=O.[N-]=[N+]=NOC(=O)C(N)CCC(=O)O. The summed E-state index contributed by atoms with van der Waals surface area (Å²) in [6.45, 7) is 0. The van der Waals surface area contributed by atoms with Crippen molar-refractivity contribution in [2.45, 2.75) is 18.9 Å². The van der Waals surface area contributed by atoms with Crippen LogP contribution in [-0.4, -0.2) is 29.1 Å². The maximum atomic E-state index is 10.7. The summed E-state index contributed by atoms with van der Waals surface area (Å²) in [6.07, 6.45) is -0.304. The summed E-state index contributed by atoms with van der Waals surface area (Å²) in [7, 11) is 0. The third-order valence-electron chi connectivity index (χ3n) is 1.14. The number of carbonyl (C=O) groups is 3. The van der Waals surface area contributed by atoms with Crippen molar-refractivity contribution < 1.29 is 24.3 Å². The molecule has 0 aromatic heterocycles. The standard InChI is InChI=1S/C5H8N4O4.CH4N2O/c6-3(1-2-4(10)11)5(12)13-9-8-7;2-1(3)4/h3H,1-2,6H2,(H,10,11);(H4,2,3,4). The number of rotatable bonds is 5. The maximum absolute atomic E-state index is 10.7. The number of hydrogen-bond acceptors (Lipinski definition) is 6. The first-order valence-electron chi connectivity index (χ1n) is 4.08. The van der Waals surface area contributed by atoms with Crippen molar-refractivity contribution in [3.63, 3.8) is 0 Å². The lowest BCUT2D eigenvalue weighted by molar-refractivity contribution is -0.146. The van der Waals surface area contributed by atoms with Gasteiger partial charge in [-0.15, -0.1) is 0 Å². The number of azide groups is 1. The number of nitrogens with two attached hydrogens (primary N) is 3. The number of hydrogen-bond donors (Lipinski definition) is 4. The Hall–Kier alpha value is -2.52. The van der Waals surface area contributed by atoms with Gasteiger partial charge < -0.3 is 27.1 Å². The van der Waals surface area contributed by atoms with Gasteiger partial charge in [-0.25, -0.2) is 9.59 Å². The summed E-state index contributed by atoms with van der Waals surface area (Å²) in [5.74, 6) is -2.01. The van der Waals surface area contributed by atoms with Gasteiger partial charge in [-0.1, -0.05) is 0 Å². The van der Waals surface area contributed by atoms with Gasteiger partial charge in [0, 0.05) is 11.3 Å². The summed E-state index contributed by atoms with van der Waals surface area (Å²) in [5.41, 5.74) is 21.4. The molecule has 0 aromatic carbocycles. The molecule has 11 nitrogen and oxygen atoms in total. The van der Waals surface area contributed by atoms with Crippen LogP contribution in [-0.2, 0) is 14.4 Å². The van der Waals surface area contributed by atoms with Crippen LogP contribution in [0.15, 0.2) is 5.28 Å². The highest BCUT2D eigenvalue weighted by atomic mass is 16.7. The maximum Gasteiger partial charge on any atom is 0.334 e. The molecule has 1 unspecified atom stereocenters. The predicted molar refractivity (Wildman–Crippen MR) is 53.9 cm³/mol. The fraction of sp³-hybridized carbons (Fsp3) is 0.500. The molecule has 0 spiro atoms. The van der Waals surface area contributed by atoms with Crippen molar-refractivity contribution in [1.29, 1.82) is 0 Å². The smallest absolute Gasteiger partial charge is 0.334 e. The molecule has 0 bridgehead atoms. The molecule has 0 fully saturated rings. The Morgan fingerprint density at radius 1 is 1.41 bits per heavy atom. The second kappa shape index (κ2) is 10.0. The summed E-state index contributed by atoms with van der Waals surface area (Å²) in [5, 5.41) is 10.8. The van der Waals surface area contributed by atoms with Crippen LogP contribution >= 0.6 is 0 Å². The van der Waals surface area contributed by atoms with E-state index >= 15 is 0 Å². The summed E-state index contributed by atoms with van der Waals surface area (Å²) >= 11 is 0. The van der Waals surface area contributed by atoms with Gasteiger partial charge in [0.05, 0.1) is 0 Å². The topological polar surface area (TPSA) is 207 Å². The second-order valence-corrected chi connectivity index (χ2v) is 2.52. The van der Waals surface area contributed by atoms with Gasteiger partial charge in [0.25, 0.3) is 0 Å². The van der Waals surface area contributed by atoms with Crippen LogP contribution in [0.2, 0.25) is 0 Å². The number of nitrogens with zero attached hydrogens (tertiary/aromatic N) is 3. The Morgan fingerprint density at radius 3 is 2.24 bits per heavy atom. The molecule has 11 heteroatoms. The molecule has 0 radical (unpaired) electrons. The largest absolute Gasteiger partial charge is 0.481 e. The monoisotopic (exact) mass is 248 g/mol. The summed E-state index contributed by atoms with van der Waals surface area (Å²) in [6, 6.07) is -1.92. The molecule has 0 aromatic rings. The number of amides is 2. The molecule has 0 rings (SSSR count). The zero-order chi connectivity index (χ0) is 13.8. The van der Waals surface area contributed by atoms with E-state index in [-0.39, 0.29) is 12.8 Å². The van der Waals surface area contributed by atoms with Crippen molar-refractivity contribution >= 4 is 18.0 Å². The lowest BCUT2D eigenvalue weighted by atomic mass is 10.2. The summed E-state index contributed by atoms with van der Waals surface area (Å²) < 4.78 is 0. The fourth-order valence-corrected chi connectivity index (χ4v) is 0.523. The van der Waals surface area contributed by atoms with Crippen LogP contribution in [0.5, 0.6) is 0 Å².